The van der Waals surface area contributed by atoms with Gasteiger partial charge in [-0.15, -0.1) is 0 Å². The van der Waals surface area contributed by atoms with Crippen LogP contribution in [-0.2, 0) is 17.8 Å². The van der Waals surface area contributed by atoms with Crippen LogP contribution < -0.4 is 4.74 Å². The first kappa shape index (κ1) is 16.5. The van der Waals surface area contributed by atoms with E-state index in [-0.39, 0.29) is 0 Å². The first-order valence-corrected chi connectivity index (χ1v) is 9.21. The molecular weight excluding hydrogens is 316 g/mol. The number of aryl methyl sites for hydroxylation is 1. The fourth-order valence-electron chi connectivity index (χ4n) is 3.97. The smallest absolute Gasteiger partial charge is 0.213 e. The van der Waals surface area contributed by atoms with Crippen molar-refractivity contribution in [3.8, 4) is 5.88 Å². The maximum absolute atomic E-state index is 6.05. The minimum absolute atomic E-state index is 0.376. The highest BCUT2D eigenvalue weighted by Crippen LogP contribution is 2.36. The number of ether oxygens (including phenoxy) is 2. The Kier molecular flexibility index (Phi) is 4.99. The molecule has 0 radical (unpaired) electrons. The molecule has 0 N–H and O–H groups in total. The first-order valence-electron chi connectivity index (χ1n) is 9.21. The van der Waals surface area contributed by atoms with E-state index in [0.29, 0.717) is 30.4 Å². The van der Waals surface area contributed by atoms with E-state index < -0.39 is 0 Å². The molecule has 134 valence electrons. The lowest BCUT2D eigenvalue weighted by molar-refractivity contribution is 0.0923. The Bertz CT molecular complexity index is 675. The third-order valence-corrected chi connectivity index (χ3v) is 5.31. The highest BCUT2D eigenvalue weighted by atomic mass is 16.5. The van der Waals surface area contributed by atoms with Crippen LogP contribution >= 0.6 is 0 Å². The number of hydrogen-bond acceptors (Lipinski definition) is 5. The van der Waals surface area contributed by atoms with E-state index in [4.69, 9.17) is 9.47 Å². The van der Waals surface area contributed by atoms with Crippen molar-refractivity contribution < 1.29 is 9.47 Å². The molecule has 3 atom stereocenters. The molecule has 25 heavy (non-hydrogen) atoms. The third-order valence-electron chi connectivity index (χ3n) is 5.31. The molecule has 2 saturated heterocycles. The Morgan fingerprint density at radius 2 is 2.28 bits per heavy atom. The molecule has 6 nitrogen and oxygen atoms in total. The monoisotopic (exact) mass is 342 g/mol. The van der Waals surface area contributed by atoms with E-state index in [1.165, 1.54) is 5.56 Å². The lowest BCUT2D eigenvalue weighted by Gasteiger charge is -2.19. The van der Waals surface area contributed by atoms with Crippen LogP contribution in [0.5, 0.6) is 5.88 Å². The molecule has 2 aliphatic rings. The number of rotatable bonds is 7. The highest BCUT2D eigenvalue weighted by molar-refractivity contribution is 5.09. The number of hydrogen-bond donors (Lipinski definition) is 0. The minimum Gasteiger partial charge on any atom is -0.478 e. The molecule has 4 rings (SSSR count). The predicted octanol–water partition coefficient (Wildman–Crippen LogP) is 2.21. The Morgan fingerprint density at radius 3 is 3.08 bits per heavy atom. The zero-order chi connectivity index (χ0) is 17.1. The third kappa shape index (κ3) is 3.85. The van der Waals surface area contributed by atoms with Gasteiger partial charge in [0.1, 0.15) is 0 Å². The largest absolute Gasteiger partial charge is 0.478 e. The summed E-state index contributed by atoms with van der Waals surface area (Å²) in [6.07, 6.45) is 7.30. The summed E-state index contributed by atoms with van der Waals surface area (Å²) in [5.74, 6) is 1.91. The van der Waals surface area contributed by atoms with Crippen molar-refractivity contribution in [3.05, 3.63) is 42.4 Å². The van der Waals surface area contributed by atoms with Crippen LogP contribution in [0.3, 0.4) is 0 Å². The van der Waals surface area contributed by atoms with Crippen LogP contribution in [0.1, 0.15) is 18.9 Å². The van der Waals surface area contributed by atoms with Crippen molar-refractivity contribution in [1.29, 1.82) is 0 Å². The number of nitrogens with zero attached hydrogens (tertiary/aromatic N) is 4. The van der Waals surface area contributed by atoms with Crippen LogP contribution in [0.4, 0.5) is 0 Å². The second-order valence-corrected chi connectivity index (χ2v) is 7.00. The van der Waals surface area contributed by atoms with Gasteiger partial charge in [-0.2, -0.15) is 5.10 Å². The highest BCUT2D eigenvalue weighted by Gasteiger charge is 2.43. The quantitative estimate of drug-likeness (QED) is 0.772. The maximum Gasteiger partial charge on any atom is 0.213 e. The van der Waals surface area contributed by atoms with Crippen molar-refractivity contribution in [1.82, 2.24) is 19.7 Å². The van der Waals surface area contributed by atoms with Gasteiger partial charge in [0.25, 0.3) is 0 Å². The van der Waals surface area contributed by atoms with E-state index in [1.54, 1.807) is 6.20 Å². The number of aromatic nitrogens is 3. The fraction of sp³-hybridized carbons (Fsp3) is 0.579. The van der Waals surface area contributed by atoms with Gasteiger partial charge in [-0.3, -0.25) is 9.58 Å². The lowest BCUT2D eigenvalue weighted by Crippen LogP contribution is -2.24. The average Bonchev–Trinajstić information content (AvgIpc) is 3.33. The van der Waals surface area contributed by atoms with Crippen molar-refractivity contribution >= 4 is 0 Å². The van der Waals surface area contributed by atoms with Gasteiger partial charge in [0.05, 0.1) is 25.5 Å². The van der Waals surface area contributed by atoms with Gasteiger partial charge >= 0.3 is 0 Å². The van der Waals surface area contributed by atoms with Crippen molar-refractivity contribution in [2.75, 3.05) is 26.3 Å². The summed E-state index contributed by atoms with van der Waals surface area (Å²) >= 11 is 0. The Balaban J connectivity index is 1.26. The van der Waals surface area contributed by atoms with Crippen molar-refractivity contribution in [3.63, 3.8) is 0 Å². The zero-order valence-corrected chi connectivity index (χ0v) is 14.8. The van der Waals surface area contributed by atoms with Gasteiger partial charge in [0.15, 0.2) is 0 Å². The lowest BCUT2D eigenvalue weighted by atomic mass is 9.91. The molecule has 2 fully saturated rings. The molecule has 2 aromatic heterocycles. The summed E-state index contributed by atoms with van der Waals surface area (Å²) in [6.45, 7) is 7.71. The molecule has 6 heteroatoms. The SMILES string of the molecule is CCn1cc(CN2C[C@H]3[C@@H](CCOc4ccccn4)CO[C@H]3C2)cn1. The van der Waals surface area contributed by atoms with Crippen molar-refractivity contribution in [2.24, 2.45) is 11.8 Å². The standard InChI is InChI=1S/C19H26N4O2/c1-2-23-11-15(9-21-23)10-22-12-17-16(14-25-18(17)13-22)6-8-24-19-5-3-4-7-20-19/h3-5,7,9,11,16-18H,2,6,8,10,12-14H2,1H3/t16-,17-,18-/m0/s1. The van der Waals surface area contributed by atoms with E-state index in [0.717, 1.165) is 39.2 Å². The van der Waals surface area contributed by atoms with Crippen LogP contribution in [0.2, 0.25) is 0 Å². The molecule has 2 aromatic rings. The summed E-state index contributed by atoms with van der Waals surface area (Å²) in [4.78, 5) is 6.71. The Labute approximate surface area is 148 Å². The molecule has 0 bridgehead atoms. The van der Waals surface area contributed by atoms with E-state index >= 15 is 0 Å². The van der Waals surface area contributed by atoms with Crippen LogP contribution in [0.15, 0.2) is 36.8 Å². The Hall–Kier alpha value is -1.92. The van der Waals surface area contributed by atoms with Gasteiger partial charge in [-0.05, 0) is 25.3 Å². The molecule has 2 aliphatic heterocycles. The summed E-state index contributed by atoms with van der Waals surface area (Å²) in [7, 11) is 0. The molecule has 0 aromatic carbocycles. The van der Waals surface area contributed by atoms with Crippen LogP contribution in [0.25, 0.3) is 0 Å². The maximum atomic E-state index is 6.05. The van der Waals surface area contributed by atoms with E-state index in [2.05, 4.69) is 28.1 Å². The van der Waals surface area contributed by atoms with E-state index in [1.807, 2.05) is 29.1 Å². The molecule has 4 heterocycles. The topological polar surface area (TPSA) is 52.4 Å². The second-order valence-electron chi connectivity index (χ2n) is 7.00. The first-order chi connectivity index (χ1) is 12.3. The molecule has 0 unspecified atom stereocenters. The summed E-state index contributed by atoms with van der Waals surface area (Å²) in [6, 6.07) is 5.76. The average molecular weight is 342 g/mol. The predicted molar refractivity (Wildman–Crippen MR) is 94.2 cm³/mol. The minimum atomic E-state index is 0.376. The van der Waals surface area contributed by atoms with Crippen LogP contribution in [0, 0.1) is 11.8 Å². The summed E-state index contributed by atoms with van der Waals surface area (Å²) < 4.78 is 13.8. The Morgan fingerprint density at radius 1 is 1.32 bits per heavy atom. The van der Waals surface area contributed by atoms with Gasteiger partial charge < -0.3 is 9.47 Å². The molecule has 0 saturated carbocycles. The molecular formula is C19H26N4O2. The number of likely N-dealkylation sites (tertiary alicyclic amines) is 1. The molecule has 0 amide bonds. The molecule has 0 spiro atoms. The van der Waals surface area contributed by atoms with Gasteiger partial charge in [-0.1, -0.05) is 6.07 Å². The molecule has 0 aliphatic carbocycles. The van der Waals surface area contributed by atoms with Crippen molar-refractivity contribution in [2.45, 2.75) is 32.5 Å². The summed E-state index contributed by atoms with van der Waals surface area (Å²) in [5.41, 5.74) is 1.29. The second kappa shape index (κ2) is 7.54. The normalized spacial score (nSPS) is 26.0. The van der Waals surface area contributed by atoms with Crippen LogP contribution in [-0.4, -0.2) is 52.1 Å². The zero-order valence-electron chi connectivity index (χ0n) is 14.8. The fourth-order valence-corrected chi connectivity index (χ4v) is 3.97. The van der Waals surface area contributed by atoms with E-state index in [9.17, 15) is 0 Å². The van der Waals surface area contributed by atoms with Gasteiger partial charge in [-0.25, -0.2) is 4.98 Å². The summed E-state index contributed by atoms with van der Waals surface area (Å²) in [5, 5.41) is 4.37. The van der Waals surface area contributed by atoms with Gasteiger partial charge in [0.2, 0.25) is 5.88 Å². The van der Waals surface area contributed by atoms with Gasteiger partial charge in [0, 0.05) is 56.1 Å². The number of pyridine rings is 1. The number of fused-ring (bicyclic) bond motifs is 1.